The molecule has 0 bridgehead atoms. The molecule has 2 aromatic carbocycles. The van der Waals surface area contributed by atoms with Crippen molar-refractivity contribution in [1.29, 1.82) is 0 Å². The second-order valence-electron chi connectivity index (χ2n) is 6.51. The Balaban J connectivity index is 1.70. The van der Waals surface area contributed by atoms with Crippen molar-refractivity contribution in [2.24, 2.45) is 0 Å². The number of benzene rings is 2. The summed E-state index contributed by atoms with van der Waals surface area (Å²) in [4.78, 5) is 16.9. The number of carbonyl (C=O) groups is 1. The number of pyridine rings is 1. The van der Waals surface area contributed by atoms with Gasteiger partial charge in [-0.2, -0.15) is 0 Å². The minimum Gasteiger partial charge on any atom is -0.497 e. The molecule has 0 aliphatic rings. The number of aromatic nitrogens is 1. The molecule has 2 N–H and O–H groups in total. The first-order chi connectivity index (χ1) is 13.6. The van der Waals surface area contributed by atoms with E-state index in [1.807, 2.05) is 74.5 Å². The van der Waals surface area contributed by atoms with Crippen molar-refractivity contribution in [2.75, 3.05) is 19.0 Å². The molecule has 1 aromatic heterocycles. The molecule has 28 heavy (non-hydrogen) atoms. The molecule has 0 spiro atoms. The zero-order valence-electron chi connectivity index (χ0n) is 16.4. The van der Waals surface area contributed by atoms with Crippen molar-refractivity contribution in [2.45, 2.75) is 19.9 Å². The highest BCUT2D eigenvalue weighted by Crippen LogP contribution is 2.23. The summed E-state index contributed by atoms with van der Waals surface area (Å²) in [5.41, 5.74) is 3.72. The van der Waals surface area contributed by atoms with Crippen LogP contribution < -0.4 is 15.4 Å². The number of anilines is 1. The molecule has 0 aliphatic heterocycles. The van der Waals surface area contributed by atoms with E-state index in [-0.39, 0.29) is 11.9 Å². The summed E-state index contributed by atoms with van der Waals surface area (Å²) < 4.78 is 5.25. The highest BCUT2D eigenvalue weighted by molar-refractivity contribution is 5.95. The minimum atomic E-state index is -0.120. The maximum absolute atomic E-state index is 12.6. The predicted molar refractivity (Wildman–Crippen MR) is 113 cm³/mol. The fourth-order valence-electron chi connectivity index (χ4n) is 2.98. The molecule has 0 saturated heterocycles. The smallest absolute Gasteiger partial charge is 0.251 e. The van der Waals surface area contributed by atoms with Crippen molar-refractivity contribution >= 4 is 11.7 Å². The second-order valence-corrected chi connectivity index (χ2v) is 6.51. The first-order valence-corrected chi connectivity index (χ1v) is 9.36. The molecule has 5 nitrogen and oxygen atoms in total. The van der Waals surface area contributed by atoms with Gasteiger partial charge in [0.05, 0.1) is 13.2 Å². The van der Waals surface area contributed by atoms with Gasteiger partial charge in [0.25, 0.3) is 5.91 Å². The first kappa shape index (κ1) is 19.4. The molecule has 0 radical (unpaired) electrons. The lowest BCUT2D eigenvalue weighted by Gasteiger charge is -2.15. The number of hydrogen-bond acceptors (Lipinski definition) is 4. The van der Waals surface area contributed by atoms with E-state index < -0.39 is 0 Å². The third kappa shape index (κ3) is 4.68. The van der Waals surface area contributed by atoms with Crippen LogP contribution in [0, 0.1) is 0 Å². The number of amides is 1. The molecule has 144 valence electrons. The monoisotopic (exact) mass is 375 g/mol. The summed E-state index contributed by atoms with van der Waals surface area (Å²) in [6.45, 7) is 4.82. The van der Waals surface area contributed by atoms with Gasteiger partial charge in [-0.1, -0.05) is 24.3 Å². The fraction of sp³-hybridized carbons (Fsp3) is 0.217. The van der Waals surface area contributed by atoms with Gasteiger partial charge in [-0.05, 0) is 66.9 Å². The number of rotatable bonds is 7. The summed E-state index contributed by atoms with van der Waals surface area (Å²) in [6, 6.07) is 19.1. The van der Waals surface area contributed by atoms with Gasteiger partial charge < -0.3 is 15.4 Å². The minimum absolute atomic E-state index is 0.107. The maximum Gasteiger partial charge on any atom is 0.251 e. The van der Waals surface area contributed by atoms with Gasteiger partial charge in [0, 0.05) is 18.3 Å². The van der Waals surface area contributed by atoms with Crippen LogP contribution in [0.2, 0.25) is 0 Å². The van der Waals surface area contributed by atoms with Gasteiger partial charge in [0.2, 0.25) is 0 Å². The van der Waals surface area contributed by atoms with Gasteiger partial charge in [-0.15, -0.1) is 0 Å². The topological polar surface area (TPSA) is 63.2 Å². The maximum atomic E-state index is 12.6. The lowest BCUT2D eigenvalue weighted by Crippen LogP contribution is -2.26. The average molecular weight is 375 g/mol. The Kier molecular flexibility index (Phi) is 6.27. The fourth-order valence-corrected chi connectivity index (χ4v) is 2.98. The first-order valence-electron chi connectivity index (χ1n) is 9.36. The van der Waals surface area contributed by atoms with E-state index in [0.717, 1.165) is 34.8 Å². The summed E-state index contributed by atoms with van der Waals surface area (Å²) in [7, 11) is 1.63. The normalized spacial score (nSPS) is 11.5. The molecule has 3 aromatic rings. The van der Waals surface area contributed by atoms with E-state index >= 15 is 0 Å². The number of ether oxygens (including phenoxy) is 1. The number of nitrogens with one attached hydrogen (secondary N) is 2. The van der Waals surface area contributed by atoms with Gasteiger partial charge >= 0.3 is 0 Å². The predicted octanol–water partition coefficient (Wildman–Crippen LogP) is 4.68. The summed E-state index contributed by atoms with van der Waals surface area (Å²) in [5.74, 6) is 1.51. The lowest BCUT2D eigenvalue weighted by molar-refractivity contribution is 0.0940. The molecule has 0 unspecified atom stereocenters. The van der Waals surface area contributed by atoms with Crippen LogP contribution in [-0.4, -0.2) is 24.5 Å². The third-order valence-electron chi connectivity index (χ3n) is 4.54. The number of methoxy groups -OCH3 is 1. The van der Waals surface area contributed by atoms with Crippen LogP contribution in [-0.2, 0) is 0 Å². The van der Waals surface area contributed by atoms with Crippen molar-refractivity contribution in [3.63, 3.8) is 0 Å². The Morgan fingerprint density at radius 2 is 1.86 bits per heavy atom. The van der Waals surface area contributed by atoms with Crippen LogP contribution in [0.4, 0.5) is 5.82 Å². The zero-order chi connectivity index (χ0) is 19.9. The Morgan fingerprint density at radius 1 is 1.07 bits per heavy atom. The van der Waals surface area contributed by atoms with Crippen LogP contribution in [0.15, 0.2) is 66.9 Å². The van der Waals surface area contributed by atoms with E-state index in [1.165, 1.54) is 0 Å². The van der Waals surface area contributed by atoms with Crippen LogP contribution in [0.1, 0.15) is 35.8 Å². The van der Waals surface area contributed by atoms with E-state index in [1.54, 1.807) is 13.3 Å². The standard InChI is InChI=1S/C23H25N3O2/c1-4-24-22-15-20(12-13-25-22)17-8-10-18(11-9-17)23(27)26-16(2)19-6-5-7-21(14-19)28-3/h5-16H,4H2,1-3H3,(H,24,25)(H,26,27)/t16-/m1/s1. The zero-order valence-corrected chi connectivity index (χ0v) is 16.4. The molecular formula is C23H25N3O2. The van der Waals surface area contributed by atoms with Crippen LogP contribution >= 0.6 is 0 Å². The highest BCUT2D eigenvalue weighted by Gasteiger charge is 2.12. The van der Waals surface area contributed by atoms with E-state index in [9.17, 15) is 4.79 Å². The van der Waals surface area contributed by atoms with Crippen LogP contribution in [0.5, 0.6) is 5.75 Å². The van der Waals surface area contributed by atoms with Gasteiger partial charge in [0.15, 0.2) is 0 Å². The molecule has 1 amide bonds. The van der Waals surface area contributed by atoms with Gasteiger partial charge in [0.1, 0.15) is 11.6 Å². The van der Waals surface area contributed by atoms with E-state index in [0.29, 0.717) is 5.56 Å². The van der Waals surface area contributed by atoms with Crippen molar-refractivity contribution in [1.82, 2.24) is 10.3 Å². The molecular weight excluding hydrogens is 350 g/mol. The van der Waals surface area contributed by atoms with Crippen molar-refractivity contribution < 1.29 is 9.53 Å². The van der Waals surface area contributed by atoms with Crippen molar-refractivity contribution in [3.8, 4) is 16.9 Å². The molecule has 0 fully saturated rings. The summed E-state index contributed by atoms with van der Waals surface area (Å²) >= 11 is 0. The van der Waals surface area contributed by atoms with Gasteiger partial charge in [-0.3, -0.25) is 4.79 Å². The molecule has 0 saturated carbocycles. The average Bonchev–Trinajstić information content (AvgIpc) is 2.74. The summed E-state index contributed by atoms with van der Waals surface area (Å²) in [6.07, 6.45) is 1.78. The summed E-state index contributed by atoms with van der Waals surface area (Å²) in [5, 5.41) is 6.24. The number of nitrogens with zero attached hydrogens (tertiary/aromatic N) is 1. The quantitative estimate of drug-likeness (QED) is 0.629. The SMILES string of the molecule is CCNc1cc(-c2ccc(C(=O)N[C@H](C)c3cccc(OC)c3)cc2)ccn1. The third-order valence-corrected chi connectivity index (χ3v) is 4.54. The Labute approximate surface area is 165 Å². The molecule has 1 atom stereocenters. The Morgan fingerprint density at radius 3 is 2.57 bits per heavy atom. The highest BCUT2D eigenvalue weighted by atomic mass is 16.5. The Bertz CT molecular complexity index is 939. The molecule has 1 heterocycles. The number of carbonyl (C=O) groups excluding carboxylic acids is 1. The second kappa shape index (κ2) is 9.04. The van der Waals surface area contributed by atoms with Crippen LogP contribution in [0.25, 0.3) is 11.1 Å². The Hall–Kier alpha value is -3.34. The largest absolute Gasteiger partial charge is 0.497 e. The molecule has 5 heteroatoms. The molecule has 3 rings (SSSR count). The van der Waals surface area contributed by atoms with E-state index in [2.05, 4.69) is 15.6 Å². The van der Waals surface area contributed by atoms with Gasteiger partial charge in [-0.25, -0.2) is 4.98 Å². The lowest BCUT2D eigenvalue weighted by atomic mass is 10.0. The molecule has 0 aliphatic carbocycles. The van der Waals surface area contributed by atoms with Crippen molar-refractivity contribution in [3.05, 3.63) is 78.0 Å². The van der Waals surface area contributed by atoms with E-state index in [4.69, 9.17) is 4.74 Å². The number of hydrogen-bond donors (Lipinski definition) is 2. The van der Waals surface area contributed by atoms with Crippen LogP contribution in [0.3, 0.4) is 0 Å².